The lowest BCUT2D eigenvalue weighted by Gasteiger charge is -2.15. The fourth-order valence-electron chi connectivity index (χ4n) is 3.12. The van der Waals surface area contributed by atoms with Gasteiger partial charge in [-0.05, 0) is 35.9 Å². The van der Waals surface area contributed by atoms with Crippen molar-refractivity contribution < 1.29 is 13.2 Å². The molecule has 0 unspecified atom stereocenters. The van der Waals surface area contributed by atoms with E-state index in [9.17, 15) is 13.2 Å². The number of nitrogens with one attached hydrogen (secondary N) is 2. The Kier molecular flexibility index (Phi) is 4.46. The van der Waals surface area contributed by atoms with E-state index in [1.54, 1.807) is 12.1 Å². The third-order valence-electron chi connectivity index (χ3n) is 4.44. The number of rotatable bonds is 4. The molecule has 0 saturated heterocycles. The van der Waals surface area contributed by atoms with Gasteiger partial charge in [0.05, 0.1) is 16.2 Å². The van der Waals surface area contributed by atoms with E-state index in [2.05, 4.69) is 10.6 Å². The van der Waals surface area contributed by atoms with Gasteiger partial charge in [0.1, 0.15) is 0 Å². The van der Waals surface area contributed by atoms with Crippen LogP contribution in [0.1, 0.15) is 11.1 Å². The number of fused-ring (bicyclic) bond motifs is 1. The number of anilines is 2. The standard InChI is InChI=1S/C21H17N3O3S/c22-28(26,27)16-12-10-15(11-13-16)23-20(14-6-2-1-3-7-14)19-17-8-4-5-9-18(17)24-21(19)25/h1-13,23H,(H,24,25)(H2,22,26,27). The molecule has 0 spiro atoms. The van der Waals surface area contributed by atoms with Crippen molar-refractivity contribution in [1.29, 1.82) is 0 Å². The van der Waals surface area contributed by atoms with Gasteiger partial charge in [-0.15, -0.1) is 0 Å². The summed E-state index contributed by atoms with van der Waals surface area (Å²) in [6.45, 7) is 0. The number of hydrogen-bond acceptors (Lipinski definition) is 4. The van der Waals surface area contributed by atoms with Crippen molar-refractivity contribution in [2.45, 2.75) is 4.90 Å². The first-order chi connectivity index (χ1) is 13.4. The van der Waals surface area contributed by atoms with E-state index < -0.39 is 10.0 Å². The van der Waals surface area contributed by atoms with E-state index in [0.717, 1.165) is 16.8 Å². The monoisotopic (exact) mass is 391 g/mol. The number of amides is 1. The summed E-state index contributed by atoms with van der Waals surface area (Å²) in [6, 6.07) is 23.0. The number of primary sulfonamides is 1. The largest absolute Gasteiger partial charge is 0.354 e. The van der Waals surface area contributed by atoms with Gasteiger partial charge in [0.15, 0.2) is 0 Å². The highest BCUT2D eigenvalue weighted by atomic mass is 32.2. The van der Waals surface area contributed by atoms with Crippen molar-refractivity contribution >= 4 is 38.6 Å². The van der Waals surface area contributed by atoms with Gasteiger partial charge in [0.2, 0.25) is 10.0 Å². The summed E-state index contributed by atoms with van der Waals surface area (Å²) < 4.78 is 22.9. The minimum atomic E-state index is -3.77. The molecule has 7 heteroatoms. The summed E-state index contributed by atoms with van der Waals surface area (Å²) >= 11 is 0. The molecule has 1 amide bonds. The molecule has 0 fully saturated rings. The Morgan fingerprint density at radius 2 is 1.50 bits per heavy atom. The lowest BCUT2D eigenvalue weighted by molar-refractivity contribution is -0.110. The maximum Gasteiger partial charge on any atom is 0.258 e. The van der Waals surface area contributed by atoms with Gasteiger partial charge in [-0.2, -0.15) is 0 Å². The molecule has 28 heavy (non-hydrogen) atoms. The molecule has 140 valence electrons. The predicted octanol–water partition coefficient (Wildman–Crippen LogP) is 3.27. The van der Waals surface area contributed by atoms with Gasteiger partial charge in [-0.1, -0.05) is 48.5 Å². The Labute approximate surface area is 162 Å². The first-order valence-electron chi connectivity index (χ1n) is 8.54. The van der Waals surface area contributed by atoms with E-state index in [4.69, 9.17) is 5.14 Å². The van der Waals surface area contributed by atoms with Crippen LogP contribution in [-0.2, 0) is 14.8 Å². The fourth-order valence-corrected chi connectivity index (χ4v) is 3.64. The Morgan fingerprint density at radius 3 is 2.18 bits per heavy atom. The first-order valence-corrected chi connectivity index (χ1v) is 10.1. The van der Waals surface area contributed by atoms with Gasteiger partial charge in [0.25, 0.3) is 5.91 Å². The molecule has 0 saturated carbocycles. The highest BCUT2D eigenvalue weighted by molar-refractivity contribution is 7.89. The lowest BCUT2D eigenvalue weighted by Crippen LogP contribution is -2.12. The van der Waals surface area contributed by atoms with Crippen LogP contribution in [0, 0.1) is 0 Å². The Bertz CT molecular complexity index is 1190. The molecule has 3 aromatic carbocycles. The number of benzene rings is 3. The minimum Gasteiger partial charge on any atom is -0.354 e. The van der Waals surface area contributed by atoms with Crippen molar-refractivity contribution in [3.8, 4) is 0 Å². The second-order valence-corrected chi connectivity index (χ2v) is 7.87. The van der Waals surface area contributed by atoms with E-state index in [-0.39, 0.29) is 10.8 Å². The number of carbonyl (C=O) groups is 1. The maximum absolute atomic E-state index is 12.7. The van der Waals surface area contributed by atoms with E-state index in [0.29, 0.717) is 17.0 Å². The Balaban J connectivity index is 1.84. The molecule has 4 N–H and O–H groups in total. The average molecular weight is 391 g/mol. The number of hydrogen-bond donors (Lipinski definition) is 3. The normalized spacial score (nSPS) is 15.0. The van der Waals surface area contributed by atoms with Crippen LogP contribution in [0.5, 0.6) is 0 Å². The average Bonchev–Trinajstić information content (AvgIpc) is 3.02. The van der Waals surface area contributed by atoms with Crippen LogP contribution in [0.25, 0.3) is 11.3 Å². The van der Waals surface area contributed by atoms with Crippen LogP contribution in [-0.4, -0.2) is 14.3 Å². The SMILES string of the molecule is NS(=O)(=O)c1ccc(NC(=C2C(=O)Nc3ccccc32)c2ccccc2)cc1. The molecule has 3 aromatic rings. The third-order valence-corrected chi connectivity index (χ3v) is 5.37. The quantitative estimate of drug-likeness (QED) is 0.594. The second-order valence-electron chi connectivity index (χ2n) is 6.31. The summed E-state index contributed by atoms with van der Waals surface area (Å²) in [5.74, 6) is -0.200. The second kappa shape index (κ2) is 6.95. The van der Waals surface area contributed by atoms with E-state index in [1.165, 1.54) is 12.1 Å². The predicted molar refractivity (Wildman–Crippen MR) is 110 cm³/mol. The molecule has 0 bridgehead atoms. The van der Waals surface area contributed by atoms with Crippen molar-refractivity contribution in [2.24, 2.45) is 5.14 Å². The molecule has 0 aromatic heterocycles. The number of para-hydroxylation sites is 1. The summed E-state index contributed by atoms with van der Waals surface area (Å²) in [4.78, 5) is 12.7. The summed E-state index contributed by atoms with van der Waals surface area (Å²) in [5, 5.41) is 11.3. The minimum absolute atomic E-state index is 0.0240. The van der Waals surface area contributed by atoms with Crippen LogP contribution in [0.3, 0.4) is 0 Å². The molecule has 1 aliphatic rings. The smallest absolute Gasteiger partial charge is 0.258 e. The molecular weight excluding hydrogens is 374 g/mol. The molecule has 0 aliphatic carbocycles. The van der Waals surface area contributed by atoms with Crippen LogP contribution < -0.4 is 15.8 Å². The molecule has 0 radical (unpaired) electrons. The van der Waals surface area contributed by atoms with Crippen LogP contribution in [0.15, 0.2) is 83.8 Å². The maximum atomic E-state index is 12.7. The van der Waals surface area contributed by atoms with Crippen molar-refractivity contribution in [3.63, 3.8) is 0 Å². The van der Waals surface area contributed by atoms with Crippen molar-refractivity contribution in [1.82, 2.24) is 0 Å². The van der Waals surface area contributed by atoms with Crippen LogP contribution in [0.2, 0.25) is 0 Å². The summed E-state index contributed by atoms with van der Waals surface area (Å²) in [7, 11) is -3.77. The van der Waals surface area contributed by atoms with E-state index >= 15 is 0 Å². The zero-order chi connectivity index (χ0) is 19.7. The summed E-state index contributed by atoms with van der Waals surface area (Å²) in [6.07, 6.45) is 0. The fraction of sp³-hybridized carbons (Fsp3) is 0. The molecule has 1 heterocycles. The molecule has 1 aliphatic heterocycles. The number of sulfonamides is 1. The topological polar surface area (TPSA) is 101 Å². The van der Waals surface area contributed by atoms with Gasteiger partial charge < -0.3 is 10.6 Å². The molecule has 0 atom stereocenters. The zero-order valence-electron chi connectivity index (χ0n) is 14.7. The van der Waals surface area contributed by atoms with Gasteiger partial charge in [-0.3, -0.25) is 4.79 Å². The first kappa shape index (κ1) is 18.0. The highest BCUT2D eigenvalue weighted by Gasteiger charge is 2.28. The summed E-state index contributed by atoms with van der Waals surface area (Å²) in [5.41, 5.74) is 4.18. The lowest BCUT2D eigenvalue weighted by atomic mass is 10.00. The van der Waals surface area contributed by atoms with Gasteiger partial charge >= 0.3 is 0 Å². The van der Waals surface area contributed by atoms with Crippen LogP contribution in [0.4, 0.5) is 11.4 Å². The van der Waals surface area contributed by atoms with Crippen LogP contribution >= 0.6 is 0 Å². The molecular formula is C21H17N3O3S. The van der Waals surface area contributed by atoms with Gasteiger partial charge in [0, 0.05) is 16.9 Å². The highest BCUT2D eigenvalue weighted by Crippen LogP contribution is 2.37. The Morgan fingerprint density at radius 1 is 0.857 bits per heavy atom. The number of carbonyl (C=O) groups excluding carboxylic acids is 1. The number of nitrogens with two attached hydrogens (primary N) is 1. The van der Waals surface area contributed by atoms with Crippen molar-refractivity contribution in [2.75, 3.05) is 10.6 Å². The molecule has 4 rings (SSSR count). The Hall–Kier alpha value is -3.42. The molecule has 6 nitrogen and oxygen atoms in total. The van der Waals surface area contributed by atoms with Crippen molar-refractivity contribution in [3.05, 3.63) is 90.0 Å². The third kappa shape index (κ3) is 3.40. The zero-order valence-corrected chi connectivity index (χ0v) is 15.5. The van der Waals surface area contributed by atoms with Gasteiger partial charge in [-0.25, -0.2) is 13.6 Å². The van der Waals surface area contributed by atoms with E-state index in [1.807, 2.05) is 54.6 Å².